The molecule has 2 rings (SSSR count). The van der Waals surface area contributed by atoms with Crippen molar-refractivity contribution in [2.75, 3.05) is 32.8 Å². The van der Waals surface area contributed by atoms with Crippen LogP contribution in [0.1, 0.15) is 47.0 Å². The predicted octanol–water partition coefficient (Wildman–Crippen LogP) is 2.27. The van der Waals surface area contributed by atoms with Gasteiger partial charge in [0.25, 0.3) is 0 Å². The highest BCUT2D eigenvalue weighted by Crippen LogP contribution is 2.42. The van der Waals surface area contributed by atoms with Gasteiger partial charge in [-0.3, -0.25) is 4.90 Å². The molecule has 1 N–H and O–H groups in total. The van der Waals surface area contributed by atoms with Crippen molar-refractivity contribution in [3.05, 3.63) is 0 Å². The maximum atomic E-state index is 5.56. The van der Waals surface area contributed by atoms with E-state index in [-0.39, 0.29) is 0 Å². The summed E-state index contributed by atoms with van der Waals surface area (Å²) in [6.45, 7) is 14.2. The van der Waals surface area contributed by atoms with E-state index in [1.54, 1.807) is 0 Å². The van der Waals surface area contributed by atoms with Crippen LogP contribution in [0, 0.1) is 5.92 Å². The standard InChI is InChI=1S/C15H30N2O/c1-5-14(3)11-16-15(4,13-7-8-13)12-17(14)9-10-18-6-2/h13,16H,5-12H2,1-4H3. The van der Waals surface area contributed by atoms with E-state index in [2.05, 4.69) is 37.9 Å². The van der Waals surface area contributed by atoms with Crippen LogP contribution in [0.2, 0.25) is 0 Å². The van der Waals surface area contributed by atoms with Gasteiger partial charge in [0, 0.05) is 37.3 Å². The maximum absolute atomic E-state index is 5.56. The number of rotatable bonds is 6. The molecule has 2 fully saturated rings. The molecule has 0 aromatic rings. The molecular formula is C15H30N2O. The Bertz CT molecular complexity index is 280. The van der Waals surface area contributed by atoms with Crippen molar-refractivity contribution in [3.63, 3.8) is 0 Å². The molecule has 3 heteroatoms. The van der Waals surface area contributed by atoms with E-state index in [0.717, 1.165) is 32.2 Å². The highest BCUT2D eigenvalue weighted by atomic mass is 16.5. The smallest absolute Gasteiger partial charge is 0.0593 e. The lowest BCUT2D eigenvalue weighted by molar-refractivity contribution is -0.00915. The van der Waals surface area contributed by atoms with Crippen molar-refractivity contribution in [3.8, 4) is 0 Å². The van der Waals surface area contributed by atoms with E-state index in [1.807, 2.05) is 0 Å². The number of nitrogens with one attached hydrogen (secondary N) is 1. The summed E-state index contributed by atoms with van der Waals surface area (Å²) < 4.78 is 5.56. The average Bonchev–Trinajstić information content (AvgIpc) is 3.19. The Morgan fingerprint density at radius 2 is 2.00 bits per heavy atom. The van der Waals surface area contributed by atoms with Gasteiger partial charge in [-0.05, 0) is 46.0 Å². The molecule has 2 aliphatic rings. The van der Waals surface area contributed by atoms with Gasteiger partial charge >= 0.3 is 0 Å². The third-order valence-corrected chi connectivity index (χ3v) is 5.11. The average molecular weight is 254 g/mol. The number of piperazine rings is 1. The molecule has 1 heterocycles. The summed E-state index contributed by atoms with van der Waals surface area (Å²) >= 11 is 0. The minimum absolute atomic E-state index is 0.297. The highest BCUT2D eigenvalue weighted by molar-refractivity contribution is 5.07. The summed E-state index contributed by atoms with van der Waals surface area (Å²) in [4.78, 5) is 2.66. The van der Waals surface area contributed by atoms with E-state index < -0.39 is 0 Å². The second kappa shape index (κ2) is 5.48. The quantitative estimate of drug-likeness (QED) is 0.736. The lowest BCUT2D eigenvalue weighted by atomic mass is 9.84. The molecular weight excluding hydrogens is 224 g/mol. The van der Waals surface area contributed by atoms with Gasteiger partial charge in [0.2, 0.25) is 0 Å². The molecule has 0 aromatic carbocycles. The molecule has 3 nitrogen and oxygen atoms in total. The Labute approximate surface area is 112 Å². The summed E-state index contributed by atoms with van der Waals surface area (Å²) in [6.07, 6.45) is 4.02. The van der Waals surface area contributed by atoms with E-state index >= 15 is 0 Å². The molecule has 0 aromatic heterocycles. The molecule has 18 heavy (non-hydrogen) atoms. The normalized spacial score (nSPS) is 38.0. The molecule has 1 aliphatic heterocycles. The van der Waals surface area contributed by atoms with Crippen LogP contribution in [0.5, 0.6) is 0 Å². The zero-order chi connectivity index (χ0) is 13.2. The first-order valence-corrected chi connectivity index (χ1v) is 7.62. The molecule has 0 spiro atoms. The van der Waals surface area contributed by atoms with Crippen LogP contribution in [-0.2, 0) is 4.74 Å². The molecule has 2 unspecified atom stereocenters. The van der Waals surface area contributed by atoms with E-state index in [4.69, 9.17) is 4.74 Å². The van der Waals surface area contributed by atoms with Gasteiger partial charge in [0.1, 0.15) is 0 Å². The molecule has 0 bridgehead atoms. The zero-order valence-electron chi connectivity index (χ0n) is 12.6. The summed E-state index contributed by atoms with van der Waals surface area (Å²) in [5.41, 5.74) is 0.631. The Hall–Kier alpha value is -0.120. The van der Waals surface area contributed by atoms with Crippen molar-refractivity contribution in [1.29, 1.82) is 0 Å². The maximum Gasteiger partial charge on any atom is 0.0593 e. The monoisotopic (exact) mass is 254 g/mol. The van der Waals surface area contributed by atoms with Crippen molar-refractivity contribution in [2.45, 2.75) is 58.0 Å². The lowest BCUT2D eigenvalue weighted by Gasteiger charge is -2.52. The summed E-state index contributed by atoms with van der Waals surface area (Å²) in [6, 6.07) is 0. The fourth-order valence-corrected chi connectivity index (χ4v) is 3.16. The van der Waals surface area contributed by atoms with Gasteiger partial charge in [0.15, 0.2) is 0 Å². The summed E-state index contributed by atoms with van der Waals surface area (Å²) in [5, 5.41) is 3.84. The van der Waals surface area contributed by atoms with Crippen LogP contribution in [0.25, 0.3) is 0 Å². The van der Waals surface area contributed by atoms with Crippen LogP contribution in [-0.4, -0.2) is 48.8 Å². The molecule has 0 radical (unpaired) electrons. The van der Waals surface area contributed by atoms with Gasteiger partial charge in [-0.25, -0.2) is 0 Å². The molecule has 0 amide bonds. The van der Waals surface area contributed by atoms with Crippen LogP contribution < -0.4 is 5.32 Å². The van der Waals surface area contributed by atoms with Crippen LogP contribution in [0.4, 0.5) is 0 Å². The van der Waals surface area contributed by atoms with Crippen molar-refractivity contribution < 1.29 is 4.74 Å². The van der Waals surface area contributed by atoms with Gasteiger partial charge in [-0.2, -0.15) is 0 Å². The van der Waals surface area contributed by atoms with Crippen LogP contribution in [0.3, 0.4) is 0 Å². The van der Waals surface area contributed by atoms with E-state index in [0.29, 0.717) is 11.1 Å². The number of nitrogens with zero attached hydrogens (tertiary/aromatic N) is 1. The molecule has 1 saturated carbocycles. The third-order valence-electron chi connectivity index (χ3n) is 5.11. The first kappa shape index (κ1) is 14.3. The highest BCUT2D eigenvalue weighted by Gasteiger charge is 2.48. The number of hydrogen-bond acceptors (Lipinski definition) is 3. The second-order valence-electron chi connectivity index (χ2n) is 6.51. The summed E-state index contributed by atoms with van der Waals surface area (Å²) in [7, 11) is 0. The SMILES string of the molecule is CCOCCN1CC(C)(C2CC2)NCC1(C)CC. The Kier molecular flexibility index (Phi) is 4.35. The molecule has 106 valence electrons. The Morgan fingerprint density at radius 3 is 2.56 bits per heavy atom. The number of hydrogen-bond donors (Lipinski definition) is 1. The fourth-order valence-electron chi connectivity index (χ4n) is 3.16. The molecule has 1 aliphatic carbocycles. The van der Waals surface area contributed by atoms with Crippen LogP contribution >= 0.6 is 0 Å². The lowest BCUT2D eigenvalue weighted by Crippen LogP contribution is -2.69. The minimum atomic E-state index is 0.297. The van der Waals surface area contributed by atoms with Gasteiger partial charge in [0.05, 0.1) is 6.61 Å². The van der Waals surface area contributed by atoms with Crippen molar-refractivity contribution >= 4 is 0 Å². The molecule has 1 saturated heterocycles. The van der Waals surface area contributed by atoms with Crippen molar-refractivity contribution in [1.82, 2.24) is 10.2 Å². The van der Waals surface area contributed by atoms with Crippen LogP contribution in [0.15, 0.2) is 0 Å². The topological polar surface area (TPSA) is 24.5 Å². The first-order chi connectivity index (χ1) is 8.54. The third kappa shape index (κ3) is 2.89. The predicted molar refractivity (Wildman–Crippen MR) is 75.9 cm³/mol. The van der Waals surface area contributed by atoms with E-state index in [1.165, 1.54) is 25.8 Å². The zero-order valence-corrected chi connectivity index (χ0v) is 12.6. The number of ether oxygens (including phenoxy) is 1. The molecule has 2 atom stereocenters. The van der Waals surface area contributed by atoms with E-state index in [9.17, 15) is 0 Å². The van der Waals surface area contributed by atoms with Gasteiger partial charge in [-0.1, -0.05) is 6.92 Å². The van der Waals surface area contributed by atoms with Gasteiger partial charge in [-0.15, -0.1) is 0 Å². The Morgan fingerprint density at radius 1 is 1.28 bits per heavy atom. The second-order valence-corrected chi connectivity index (χ2v) is 6.51. The minimum Gasteiger partial charge on any atom is -0.380 e. The Balaban J connectivity index is 1.98. The van der Waals surface area contributed by atoms with Crippen molar-refractivity contribution in [2.24, 2.45) is 5.92 Å². The summed E-state index contributed by atoms with van der Waals surface area (Å²) in [5.74, 6) is 0.897. The first-order valence-electron chi connectivity index (χ1n) is 7.62. The largest absolute Gasteiger partial charge is 0.380 e. The fraction of sp³-hybridized carbons (Fsp3) is 1.00. The van der Waals surface area contributed by atoms with Gasteiger partial charge < -0.3 is 10.1 Å².